The Morgan fingerprint density at radius 1 is 1.29 bits per heavy atom. The van der Waals surface area contributed by atoms with Crippen LogP contribution in [0.3, 0.4) is 0 Å². The first kappa shape index (κ1) is 19.3. The molecule has 0 unspecified atom stereocenters. The van der Waals surface area contributed by atoms with E-state index in [1.807, 2.05) is 0 Å². The van der Waals surface area contributed by atoms with Crippen LogP contribution in [0.5, 0.6) is 0 Å². The SMILES string of the molecule is C[C@H]1CCCS(=O)(=O)N1Cc1cc(F)c(C2(c3n[nH]c(=O)o3)CCC2)cc1F. The first-order valence-corrected chi connectivity index (χ1v) is 10.9. The molecule has 1 aromatic carbocycles. The van der Waals surface area contributed by atoms with E-state index in [1.54, 1.807) is 6.92 Å². The Kier molecular flexibility index (Phi) is 4.65. The van der Waals surface area contributed by atoms with E-state index < -0.39 is 32.8 Å². The minimum atomic E-state index is -3.49. The standard InChI is InChI=1S/C18H21F2N3O4S/c1-11-4-2-7-28(25,26)23(11)10-12-8-15(20)13(9-14(12)19)18(5-3-6-18)16-21-22-17(24)27-16/h8-9,11H,2-7,10H2,1H3,(H,22,24)/t11-/m0/s1. The molecule has 152 valence electrons. The van der Waals surface area contributed by atoms with Crippen molar-refractivity contribution in [3.05, 3.63) is 51.3 Å². The smallest absolute Gasteiger partial charge is 0.392 e. The highest BCUT2D eigenvalue weighted by atomic mass is 32.2. The lowest BCUT2D eigenvalue weighted by molar-refractivity contribution is 0.227. The minimum Gasteiger partial charge on any atom is -0.392 e. The molecule has 1 atom stereocenters. The summed E-state index contributed by atoms with van der Waals surface area (Å²) in [5.41, 5.74) is -0.922. The Hall–Kier alpha value is -2.07. The Bertz CT molecular complexity index is 1060. The molecule has 0 amide bonds. The van der Waals surface area contributed by atoms with Crippen LogP contribution in [0.25, 0.3) is 0 Å². The molecular formula is C18H21F2N3O4S. The zero-order valence-electron chi connectivity index (χ0n) is 15.4. The highest BCUT2D eigenvalue weighted by Crippen LogP contribution is 2.49. The van der Waals surface area contributed by atoms with Gasteiger partial charge in [0.05, 0.1) is 11.2 Å². The Balaban J connectivity index is 1.70. The average Bonchev–Trinajstić information content (AvgIpc) is 3.00. The van der Waals surface area contributed by atoms with Gasteiger partial charge < -0.3 is 4.42 Å². The lowest BCUT2D eigenvalue weighted by atomic mass is 9.64. The van der Waals surface area contributed by atoms with Gasteiger partial charge in [0.25, 0.3) is 0 Å². The lowest BCUT2D eigenvalue weighted by Gasteiger charge is -2.39. The van der Waals surface area contributed by atoms with E-state index in [2.05, 4.69) is 10.2 Å². The molecule has 1 aliphatic carbocycles. The molecule has 0 spiro atoms. The van der Waals surface area contributed by atoms with Crippen LogP contribution in [0.2, 0.25) is 0 Å². The second-order valence-corrected chi connectivity index (χ2v) is 9.67. The fourth-order valence-electron chi connectivity index (χ4n) is 4.16. The largest absolute Gasteiger partial charge is 0.434 e. The molecule has 28 heavy (non-hydrogen) atoms. The third-order valence-corrected chi connectivity index (χ3v) is 7.91. The monoisotopic (exact) mass is 413 g/mol. The van der Waals surface area contributed by atoms with Crippen molar-refractivity contribution in [2.45, 2.75) is 57.0 Å². The van der Waals surface area contributed by atoms with E-state index in [4.69, 9.17) is 4.42 Å². The molecule has 2 aromatic rings. The quantitative estimate of drug-likeness (QED) is 0.831. The van der Waals surface area contributed by atoms with Gasteiger partial charge in [-0.3, -0.25) is 0 Å². The number of rotatable bonds is 4. The summed E-state index contributed by atoms with van der Waals surface area (Å²) >= 11 is 0. The van der Waals surface area contributed by atoms with Gasteiger partial charge >= 0.3 is 5.76 Å². The minimum absolute atomic E-state index is 0.0147. The molecule has 0 radical (unpaired) electrons. The third kappa shape index (κ3) is 3.08. The van der Waals surface area contributed by atoms with Crippen molar-refractivity contribution in [2.75, 3.05) is 5.75 Å². The number of nitrogens with one attached hydrogen (secondary N) is 1. The van der Waals surface area contributed by atoms with Crippen molar-refractivity contribution >= 4 is 10.0 Å². The van der Waals surface area contributed by atoms with E-state index in [-0.39, 0.29) is 35.4 Å². The molecule has 4 rings (SSSR count). The maximum atomic E-state index is 15.0. The van der Waals surface area contributed by atoms with Crippen LogP contribution in [0.1, 0.15) is 56.0 Å². The maximum Gasteiger partial charge on any atom is 0.434 e. The van der Waals surface area contributed by atoms with Gasteiger partial charge in [-0.1, -0.05) is 6.42 Å². The summed E-state index contributed by atoms with van der Waals surface area (Å²) in [7, 11) is -3.49. The number of halogens is 2. The van der Waals surface area contributed by atoms with Gasteiger partial charge in [0.15, 0.2) is 0 Å². The highest BCUT2D eigenvalue weighted by molar-refractivity contribution is 7.89. The molecule has 1 saturated heterocycles. The Morgan fingerprint density at radius 2 is 2.04 bits per heavy atom. The molecule has 10 heteroatoms. The Morgan fingerprint density at radius 3 is 2.61 bits per heavy atom. The van der Waals surface area contributed by atoms with Gasteiger partial charge in [0.1, 0.15) is 11.6 Å². The number of H-pyrrole nitrogens is 1. The van der Waals surface area contributed by atoms with Gasteiger partial charge in [-0.05, 0) is 44.7 Å². The molecular weight excluding hydrogens is 392 g/mol. The van der Waals surface area contributed by atoms with Crippen molar-refractivity contribution < 1.29 is 21.6 Å². The second-order valence-electron chi connectivity index (χ2n) is 7.63. The summed E-state index contributed by atoms with van der Waals surface area (Å²) in [6.45, 7) is 1.55. The molecule has 0 bridgehead atoms. The normalized spacial score (nSPS) is 24.0. The van der Waals surface area contributed by atoms with E-state index >= 15 is 0 Å². The summed E-state index contributed by atoms with van der Waals surface area (Å²) < 4.78 is 60.8. The van der Waals surface area contributed by atoms with Gasteiger partial charge in [-0.15, -0.1) is 5.10 Å². The van der Waals surface area contributed by atoms with Crippen LogP contribution in [0.15, 0.2) is 21.3 Å². The molecule has 1 N–H and O–H groups in total. The zero-order valence-corrected chi connectivity index (χ0v) is 16.2. The second kappa shape index (κ2) is 6.77. The van der Waals surface area contributed by atoms with Crippen LogP contribution >= 0.6 is 0 Å². The predicted octanol–water partition coefficient (Wildman–Crippen LogP) is 2.43. The summed E-state index contributed by atoms with van der Waals surface area (Å²) in [5, 5.41) is 5.99. The van der Waals surface area contributed by atoms with Crippen LogP contribution in [0, 0.1) is 11.6 Å². The zero-order chi connectivity index (χ0) is 20.1. The fraction of sp³-hybridized carbons (Fsp3) is 0.556. The molecule has 2 heterocycles. The molecule has 2 fully saturated rings. The summed E-state index contributed by atoms with van der Waals surface area (Å²) in [6.07, 6.45) is 2.97. The topological polar surface area (TPSA) is 96.3 Å². The van der Waals surface area contributed by atoms with Gasteiger partial charge in [0, 0.05) is 23.7 Å². The van der Waals surface area contributed by atoms with Crippen molar-refractivity contribution in [1.29, 1.82) is 0 Å². The number of hydrogen-bond acceptors (Lipinski definition) is 5. The fourth-order valence-corrected chi connectivity index (χ4v) is 5.91. The van der Waals surface area contributed by atoms with E-state index in [1.165, 1.54) is 4.31 Å². The number of hydrogen-bond donors (Lipinski definition) is 1. The first-order chi connectivity index (χ1) is 13.2. The van der Waals surface area contributed by atoms with E-state index in [9.17, 15) is 22.0 Å². The number of sulfonamides is 1. The van der Waals surface area contributed by atoms with Gasteiger partial charge in [-0.2, -0.15) is 4.31 Å². The number of aromatic amines is 1. The molecule has 1 aromatic heterocycles. The van der Waals surface area contributed by atoms with E-state index in [0.29, 0.717) is 25.7 Å². The molecule has 1 aliphatic heterocycles. The van der Waals surface area contributed by atoms with Crippen LogP contribution in [0.4, 0.5) is 8.78 Å². The van der Waals surface area contributed by atoms with Crippen LogP contribution < -0.4 is 5.76 Å². The number of benzene rings is 1. The molecule has 7 nitrogen and oxygen atoms in total. The summed E-state index contributed by atoms with van der Waals surface area (Å²) in [6, 6.07) is 1.86. The van der Waals surface area contributed by atoms with Crippen molar-refractivity contribution in [2.24, 2.45) is 0 Å². The van der Waals surface area contributed by atoms with Crippen molar-refractivity contribution in [3.63, 3.8) is 0 Å². The van der Waals surface area contributed by atoms with Gasteiger partial charge in [-0.25, -0.2) is 27.1 Å². The van der Waals surface area contributed by atoms with Crippen LogP contribution in [-0.4, -0.2) is 34.7 Å². The summed E-state index contributed by atoms with van der Waals surface area (Å²) in [5.74, 6) is -2.04. The number of nitrogens with zero attached hydrogens (tertiary/aromatic N) is 2. The maximum absolute atomic E-state index is 15.0. The first-order valence-electron chi connectivity index (χ1n) is 9.27. The van der Waals surface area contributed by atoms with Crippen LogP contribution in [-0.2, 0) is 22.0 Å². The third-order valence-electron chi connectivity index (χ3n) is 5.91. The molecule has 1 saturated carbocycles. The average molecular weight is 413 g/mol. The van der Waals surface area contributed by atoms with Gasteiger partial charge in [0.2, 0.25) is 15.9 Å². The van der Waals surface area contributed by atoms with E-state index in [0.717, 1.165) is 18.6 Å². The van der Waals surface area contributed by atoms with Crippen molar-refractivity contribution in [3.8, 4) is 0 Å². The summed E-state index contributed by atoms with van der Waals surface area (Å²) in [4.78, 5) is 11.3. The Labute approximate surface area is 160 Å². The van der Waals surface area contributed by atoms with Crippen molar-refractivity contribution in [1.82, 2.24) is 14.5 Å². The molecule has 2 aliphatic rings. The number of aromatic nitrogens is 2. The predicted molar refractivity (Wildman–Crippen MR) is 96.1 cm³/mol. The lowest BCUT2D eigenvalue weighted by Crippen LogP contribution is -2.43. The highest BCUT2D eigenvalue weighted by Gasteiger charge is 2.47.